The van der Waals surface area contributed by atoms with Crippen molar-refractivity contribution in [1.29, 1.82) is 0 Å². The molecule has 4 aromatic rings. The number of para-hydroxylation sites is 2. The van der Waals surface area contributed by atoms with Crippen molar-refractivity contribution in [3.63, 3.8) is 0 Å². The van der Waals surface area contributed by atoms with Gasteiger partial charge in [0.15, 0.2) is 5.76 Å². The van der Waals surface area contributed by atoms with Gasteiger partial charge in [0, 0.05) is 16.6 Å². The number of carbonyl (C=O) groups is 1. The van der Waals surface area contributed by atoms with E-state index in [1.807, 2.05) is 48.5 Å². The molecule has 0 atom stereocenters. The van der Waals surface area contributed by atoms with E-state index in [0.717, 1.165) is 10.9 Å². The van der Waals surface area contributed by atoms with Gasteiger partial charge in [-0.15, -0.1) is 0 Å². The van der Waals surface area contributed by atoms with Gasteiger partial charge in [-0.2, -0.15) is 0 Å². The number of fused-ring (bicyclic) bond motifs is 1. The topological polar surface area (TPSA) is 51.5 Å². The lowest BCUT2D eigenvalue weighted by atomic mass is 10.1. The first-order valence-corrected chi connectivity index (χ1v) is 8.87. The van der Waals surface area contributed by atoms with E-state index in [4.69, 9.17) is 9.15 Å². The Morgan fingerprint density at radius 3 is 2.61 bits per heavy atom. The van der Waals surface area contributed by atoms with E-state index in [9.17, 15) is 9.18 Å². The number of halogens is 1. The monoisotopic (exact) mass is 375 g/mol. The van der Waals surface area contributed by atoms with Gasteiger partial charge in [0.25, 0.3) is 5.91 Å². The number of amides is 1. The summed E-state index contributed by atoms with van der Waals surface area (Å²) in [5.41, 5.74) is 2.40. The highest BCUT2D eigenvalue weighted by atomic mass is 19.1. The van der Waals surface area contributed by atoms with Gasteiger partial charge in [-0.3, -0.25) is 4.79 Å². The van der Waals surface area contributed by atoms with Crippen molar-refractivity contribution in [2.24, 2.45) is 0 Å². The lowest BCUT2D eigenvalue weighted by Crippen LogP contribution is -2.14. The molecule has 3 aromatic carbocycles. The highest BCUT2D eigenvalue weighted by Gasteiger charge is 2.21. The number of benzene rings is 3. The van der Waals surface area contributed by atoms with Crippen LogP contribution in [0.1, 0.15) is 21.7 Å². The van der Waals surface area contributed by atoms with Gasteiger partial charge in [0.2, 0.25) is 0 Å². The molecule has 0 aliphatic heterocycles. The Kier molecular flexibility index (Phi) is 4.81. The minimum atomic E-state index is -0.448. The van der Waals surface area contributed by atoms with E-state index in [1.54, 1.807) is 19.1 Å². The van der Waals surface area contributed by atoms with Gasteiger partial charge < -0.3 is 14.5 Å². The molecule has 4 rings (SSSR count). The molecule has 0 bridgehead atoms. The van der Waals surface area contributed by atoms with Crippen molar-refractivity contribution >= 4 is 22.6 Å². The van der Waals surface area contributed by atoms with Crippen LogP contribution in [0.3, 0.4) is 0 Å². The molecular formula is C23H18FNO3. The summed E-state index contributed by atoms with van der Waals surface area (Å²) in [6.45, 7) is 1.97. The average molecular weight is 375 g/mol. The van der Waals surface area contributed by atoms with Crippen molar-refractivity contribution in [2.45, 2.75) is 13.5 Å². The Labute approximate surface area is 161 Å². The van der Waals surface area contributed by atoms with Gasteiger partial charge in [-0.05, 0) is 42.8 Å². The van der Waals surface area contributed by atoms with Crippen LogP contribution in [0.5, 0.6) is 5.75 Å². The van der Waals surface area contributed by atoms with Gasteiger partial charge >= 0.3 is 0 Å². The summed E-state index contributed by atoms with van der Waals surface area (Å²) in [4.78, 5) is 12.9. The molecule has 0 fully saturated rings. The molecule has 0 aliphatic rings. The van der Waals surface area contributed by atoms with Crippen LogP contribution in [0.25, 0.3) is 11.0 Å². The van der Waals surface area contributed by atoms with E-state index < -0.39 is 11.7 Å². The zero-order valence-electron chi connectivity index (χ0n) is 15.2. The van der Waals surface area contributed by atoms with Crippen molar-refractivity contribution in [2.75, 3.05) is 5.32 Å². The number of furan rings is 1. The Morgan fingerprint density at radius 1 is 1.04 bits per heavy atom. The van der Waals surface area contributed by atoms with Crippen molar-refractivity contribution in [3.8, 4) is 5.75 Å². The molecule has 0 spiro atoms. The predicted octanol–water partition coefficient (Wildman–Crippen LogP) is 5.71. The van der Waals surface area contributed by atoms with Crippen LogP contribution in [0.2, 0.25) is 0 Å². The molecular weight excluding hydrogens is 357 g/mol. The highest BCUT2D eigenvalue weighted by molar-refractivity contribution is 6.06. The average Bonchev–Trinajstić information content (AvgIpc) is 3.09. The first-order chi connectivity index (χ1) is 13.6. The molecule has 1 N–H and O–H groups in total. The lowest BCUT2D eigenvalue weighted by molar-refractivity contribution is 0.0995. The maximum Gasteiger partial charge on any atom is 0.291 e. The molecule has 0 saturated carbocycles. The fourth-order valence-electron chi connectivity index (χ4n) is 3.01. The summed E-state index contributed by atoms with van der Waals surface area (Å²) >= 11 is 0. The maximum absolute atomic E-state index is 13.6. The van der Waals surface area contributed by atoms with E-state index in [-0.39, 0.29) is 12.4 Å². The number of anilines is 1. The van der Waals surface area contributed by atoms with E-state index in [2.05, 4.69) is 5.32 Å². The number of hydrogen-bond acceptors (Lipinski definition) is 3. The van der Waals surface area contributed by atoms with Crippen LogP contribution < -0.4 is 10.1 Å². The molecule has 1 amide bonds. The molecule has 1 heterocycles. The third-order valence-corrected chi connectivity index (χ3v) is 4.48. The molecule has 0 unspecified atom stereocenters. The second-order valence-electron chi connectivity index (χ2n) is 6.42. The zero-order valence-corrected chi connectivity index (χ0v) is 15.2. The molecule has 140 valence electrons. The van der Waals surface area contributed by atoms with Crippen molar-refractivity contribution in [1.82, 2.24) is 0 Å². The summed E-state index contributed by atoms with van der Waals surface area (Å²) in [5.74, 6) is -0.0180. The molecule has 1 aromatic heterocycles. The zero-order chi connectivity index (χ0) is 19.5. The van der Waals surface area contributed by atoms with E-state index in [0.29, 0.717) is 22.6 Å². The Balaban J connectivity index is 1.67. The normalized spacial score (nSPS) is 10.8. The maximum atomic E-state index is 13.6. The van der Waals surface area contributed by atoms with Crippen LogP contribution >= 0.6 is 0 Å². The third kappa shape index (κ3) is 3.60. The lowest BCUT2D eigenvalue weighted by Gasteiger charge is -2.09. The third-order valence-electron chi connectivity index (χ3n) is 4.48. The van der Waals surface area contributed by atoms with Gasteiger partial charge in [-0.1, -0.05) is 42.5 Å². The standard InChI is InChI=1S/C23H18FNO3/c1-15-11-12-16(24)13-20(15)25-23(26)22-19(14-27-17-7-3-2-4-8-17)18-9-5-6-10-21(18)28-22/h2-13H,14H2,1H3,(H,25,26). The van der Waals surface area contributed by atoms with Gasteiger partial charge in [0.05, 0.1) is 0 Å². The van der Waals surface area contributed by atoms with Crippen LogP contribution in [0, 0.1) is 12.7 Å². The minimum absolute atomic E-state index is 0.154. The smallest absolute Gasteiger partial charge is 0.291 e. The minimum Gasteiger partial charge on any atom is -0.489 e. The first kappa shape index (κ1) is 17.8. The summed E-state index contributed by atoms with van der Waals surface area (Å²) in [5, 5.41) is 3.54. The number of hydrogen-bond donors (Lipinski definition) is 1. The van der Waals surface area contributed by atoms with E-state index >= 15 is 0 Å². The van der Waals surface area contributed by atoms with Crippen LogP contribution in [0.15, 0.2) is 77.2 Å². The molecule has 0 saturated heterocycles. The second kappa shape index (κ2) is 7.56. The SMILES string of the molecule is Cc1ccc(F)cc1NC(=O)c1oc2ccccc2c1COc1ccccc1. The summed E-state index contributed by atoms with van der Waals surface area (Å²) in [6.07, 6.45) is 0. The Bertz CT molecular complexity index is 1140. The second-order valence-corrected chi connectivity index (χ2v) is 6.42. The molecule has 5 heteroatoms. The van der Waals surface area contributed by atoms with Crippen molar-refractivity contribution < 1.29 is 18.3 Å². The van der Waals surface area contributed by atoms with Crippen molar-refractivity contribution in [3.05, 3.63) is 95.5 Å². The number of rotatable bonds is 5. The fourth-order valence-corrected chi connectivity index (χ4v) is 3.01. The molecule has 28 heavy (non-hydrogen) atoms. The largest absolute Gasteiger partial charge is 0.489 e. The van der Waals surface area contributed by atoms with Gasteiger partial charge in [0.1, 0.15) is 23.8 Å². The number of ether oxygens (including phenoxy) is 1. The first-order valence-electron chi connectivity index (χ1n) is 8.87. The molecule has 4 nitrogen and oxygen atoms in total. The van der Waals surface area contributed by atoms with Crippen LogP contribution in [-0.2, 0) is 6.61 Å². The number of carbonyl (C=O) groups excluding carboxylic acids is 1. The van der Waals surface area contributed by atoms with Crippen LogP contribution in [-0.4, -0.2) is 5.91 Å². The summed E-state index contributed by atoms with van der Waals surface area (Å²) in [7, 11) is 0. The predicted molar refractivity (Wildman–Crippen MR) is 106 cm³/mol. The van der Waals surface area contributed by atoms with Crippen LogP contribution in [0.4, 0.5) is 10.1 Å². The fraction of sp³-hybridized carbons (Fsp3) is 0.0870. The Hall–Kier alpha value is -3.60. The summed E-state index contributed by atoms with van der Waals surface area (Å²) in [6, 6.07) is 21.0. The van der Waals surface area contributed by atoms with E-state index in [1.165, 1.54) is 12.1 Å². The van der Waals surface area contributed by atoms with Gasteiger partial charge in [-0.25, -0.2) is 4.39 Å². The highest BCUT2D eigenvalue weighted by Crippen LogP contribution is 2.28. The molecule has 0 aliphatic carbocycles. The summed E-state index contributed by atoms with van der Waals surface area (Å²) < 4.78 is 25.2. The number of aryl methyl sites for hydroxylation is 1. The quantitative estimate of drug-likeness (QED) is 0.486. The number of nitrogens with one attached hydrogen (secondary N) is 1. The Morgan fingerprint density at radius 2 is 1.79 bits per heavy atom. The molecule has 0 radical (unpaired) electrons.